The lowest BCUT2D eigenvalue weighted by Crippen LogP contribution is -2.23. The van der Waals surface area contributed by atoms with Crippen LogP contribution in [0.15, 0.2) is 12.1 Å². The van der Waals surface area contributed by atoms with Gasteiger partial charge in [-0.3, -0.25) is 4.79 Å². The molecule has 27 heavy (non-hydrogen) atoms. The van der Waals surface area contributed by atoms with E-state index < -0.39 is 16.9 Å². The lowest BCUT2D eigenvalue weighted by molar-refractivity contribution is -0.111. The zero-order valence-corrected chi connectivity index (χ0v) is 16.6. The Hall–Kier alpha value is -1.16. The van der Waals surface area contributed by atoms with E-state index in [0.717, 1.165) is 37.5 Å². The highest BCUT2D eigenvalue weighted by molar-refractivity contribution is 6.63. The van der Waals surface area contributed by atoms with Gasteiger partial charge in [-0.1, -0.05) is 38.2 Å². The highest BCUT2D eigenvalue weighted by Gasteiger charge is 2.31. The Balaban J connectivity index is 1.55. The predicted molar refractivity (Wildman–Crippen MR) is 103 cm³/mol. The fourth-order valence-electron chi connectivity index (χ4n) is 4.87. The maximum atomic E-state index is 14.6. The van der Waals surface area contributed by atoms with Gasteiger partial charge in [-0.15, -0.1) is 0 Å². The average molecular weight is 399 g/mol. The molecule has 2 nitrogen and oxygen atoms in total. The lowest BCUT2D eigenvalue weighted by atomic mass is 9.70. The van der Waals surface area contributed by atoms with E-state index in [9.17, 15) is 13.6 Å². The molecule has 0 N–H and O–H groups in total. The van der Waals surface area contributed by atoms with Crippen molar-refractivity contribution in [3.05, 3.63) is 29.3 Å². The van der Waals surface area contributed by atoms with Crippen LogP contribution in [0.3, 0.4) is 0 Å². The fourth-order valence-corrected chi connectivity index (χ4v) is 5.01. The SMILES string of the molecule is O=C(Cl)CCCOc1ccc(C2CCC(C3CCCCC3)CC2)c(F)c1F. The summed E-state index contributed by atoms with van der Waals surface area (Å²) in [5.41, 5.74) is 0.484. The quantitative estimate of drug-likeness (QED) is 0.375. The summed E-state index contributed by atoms with van der Waals surface area (Å²) in [5, 5.41) is -0.454. The van der Waals surface area contributed by atoms with Crippen LogP contribution in [0.1, 0.15) is 82.1 Å². The molecule has 2 aliphatic carbocycles. The van der Waals surface area contributed by atoms with Crippen LogP contribution < -0.4 is 4.74 Å². The molecule has 2 aliphatic rings. The molecule has 0 radical (unpaired) electrons. The van der Waals surface area contributed by atoms with E-state index in [1.165, 1.54) is 38.2 Å². The molecule has 0 atom stereocenters. The van der Waals surface area contributed by atoms with E-state index >= 15 is 0 Å². The monoisotopic (exact) mass is 398 g/mol. The number of hydrogen-bond acceptors (Lipinski definition) is 2. The number of carbonyl (C=O) groups excluding carboxylic acids is 1. The van der Waals surface area contributed by atoms with Crippen LogP contribution in [0.2, 0.25) is 0 Å². The standard InChI is InChI=1S/C22H29ClF2O2/c23-20(26)7-4-14-27-19-13-12-18(21(24)22(19)25)17-10-8-16(9-11-17)15-5-2-1-3-6-15/h12-13,15-17H,1-11,14H2. The van der Waals surface area contributed by atoms with Crippen LogP contribution in [0, 0.1) is 23.5 Å². The Labute approximate surface area is 165 Å². The van der Waals surface area contributed by atoms with Crippen LogP contribution in [-0.4, -0.2) is 11.8 Å². The van der Waals surface area contributed by atoms with Gasteiger partial charge in [0.05, 0.1) is 6.61 Å². The largest absolute Gasteiger partial charge is 0.490 e. The van der Waals surface area contributed by atoms with Gasteiger partial charge in [0.1, 0.15) is 0 Å². The first-order chi connectivity index (χ1) is 13.1. The van der Waals surface area contributed by atoms with Crippen LogP contribution >= 0.6 is 11.6 Å². The highest BCUT2D eigenvalue weighted by atomic mass is 35.5. The second-order valence-electron chi connectivity index (χ2n) is 8.10. The maximum absolute atomic E-state index is 14.6. The van der Waals surface area contributed by atoms with Crippen LogP contribution in [0.4, 0.5) is 8.78 Å². The minimum Gasteiger partial charge on any atom is -0.490 e. The molecule has 0 aliphatic heterocycles. The minimum absolute atomic E-state index is 0.0887. The number of rotatable bonds is 7. The summed E-state index contributed by atoms with van der Waals surface area (Å²) >= 11 is 5.25. The van der Waals surface area contributed by atoms with E-state index in [-0.39, 0.29) is 24.7 Å². The molecular weight excluding hydrogens is 370 g/mol. The number of hydrogen-bond donors (Lipinski definition) is 0. The summed E-state index contributed by atoms with van der Waals surface area (Å²) in [6.45, 7) is 0.140. The number of ether oxygens (including phenoxy) is 1. The van der Waals surface area contributed by atoms with Crippen LogP contribution in [-0.2, 0) is 4.79 Å². The van der Waals surface area contributed by atoms with Crippen molar-refractivity contribution < 1.29 is 18.3 Å². The van der Waals surface area contributed by atoms with Crippen molar-refractivity contribution in [2.45, 2.75) is 76.5 Å². The van der Waals surface area contributed by atoms with Crippen molar-refractivity contribution in [1.29, 1.82) is 0 Å². The van der Waals surface area contributed by atoms with Crippen molar-refractivity contribution >= 4 is 16.8 Å². The van der Waals surface area contributed by atoms with Gasteiger partial charge < -0.3 is 4.74 Å². The molecule has 3 rings (SSSR count). The number of benzene rings is 1. The lowest BCUT2D eigenvalue weighted by Gasteiger charge is -2.36. The fraction of sp³-hybridized carbons (Fsp3) is 0.682. The Kier molecular flexibility index (Phi) is 7.51. The van der Waals surface area contributed by atoms with Gasteiger partial charge in [0, 0.05) is 6.42 Å². The average Bonchev–Trinajstić information content (AvgIpc) is 2.69. The molecule has 5 heteroatoms. The second kappa shape index (κ2) is 9.86. The van der Waals surface area contributed by atoms with E-state index in [4.69, 9.17) is 16.3 Å². The van der Waals surface area contributed by atoms with Crippen molar-refractivity contribution in [2.75, 3.05) is 6.61 Å². The van der Waals surface area contributed by atoms with Crippen molar-refractivity contribution in [2.24, 2.45) is 11.8 Å². The summed E-state index contributed by atoms with van der Waals surface area (Å²) in [6.07, 6.45) is 11.4. The van der Waals surface area contributed by atoms with E-state index in [0.29, 0.717) is 12.0 Å². The third-order valence-corrected chi connectivity index (χ3v) is 6.57. The molecular formula is C22H29ClF2O2. The van der Waals surface area contributed by atoms with Crippen molar-refractivity contribution in [1.82, 2.24) is 0 Å². The second-order valence-corrected chi connectivity index (χ2v) is 8.52. The minimum atomic E-state index is -0.917. The first-order valence-corrected chi connectivity index (χ1v) is 10.7. The highest BCUT2D eigenvalue weighted by Crippen LogP contribution is 2.44. The van der Waals surface area contributed by atoms with Crippen LogP contribution in [0.25, 0.3) is 0 Å². The first kappa shape index (κ1) is 20.6. The molecule has 150 valence electrons. The third kappa shape index (κ3) is 5.43. The van der Waals surface area contributed by atoms with Crippen LogP contribution in [0.5, 0.6) is 5.75 Å². The molecule has 1 aromatic carbocycles. The maximum Gasteiger partial charge on any atom is 0.221 e. The van der Waals surface area contributed by atoms with Gasteiger partial charge in [0.15, 0.2) is 11.6 Å². The molecule has 0 heterocycles. The Morgan fingerprint density at radius 2 is 1.63 bits per heavy atom. The van der Waals surface area contributed by atoms with Gasteiger partial charge in [0.2, 0.25) is 11.1 Å². The Bertz CT molecular complexity index is 635. The van der Waals surface area contributed by atoms with Gasteiger partial charge in [-0.25, -0.2) is 4.39 Å². The van der Waals surface area contributed by atoms with Crippen molar-refractivity contribution in [3.63, 3.8) is 0 Å². The predicted octanol–water partition coefficient (Wildman–Crippen LogP) is 6.74. The first-order valence-electron chi connectivity index (χ1n) is 10.3. The summed E-state index contributed by atoms with van der Waals surface area (Å²) < 4.78 is 34.3. The smallest absolute Gasteiger partial charge is 0.221 e. The number of carbonyl (C=O) groups is 1. The van der Waals surface area contributed by atoms with Gasteiger partial charge in [0.25, 0.3) is 0 Å². The molecule has 0 saturated heterocycles. The zero-order chi connectivity index (χ0) is 19.2. The van der Waals surface area contributed by atoms with E-state index in [2.05, 4.69) is 0 Å². The molecule has 1 aromatic rings. The molecule has 2 saturated carbocycles. The van der Waals surface area contributed by atoms with Gasteiger partial charge in [-0.05, 0) is 73.1 Å². The molecule has 0 aromatic heterocycles. The summed E-state index contributed by atoms with van der Waals surface area (Å²) in [7, 11) is 0. The normalized spacial score (nSPS) is 24.0. The third-order valence-electron chi connectivity index (χ3n) is 6.38. The number of halogens is 3. The summed E-state index contributed by atoms with van der Waals surface area (Å²) in [4.78, 5) is 10.7. The Morgan fingerprint density at radius 1 is 0.963 bits per heavy atom. The van der Waals surface area contributed by atoms with Gasteiger partial charge >= 0.3 is 0 Å². The molecule has 0 unspecified atom stereocenters. The molecule has 0 bridgehead atoms. The topological polar surface area (TPSA) is 26.3 Å². The molecule has 0 amide bonds. The van der Waals surface area contributed by atoms with Gasteiger partial charge in [-0.2, -0.15) is 4.39 Å². The Morgan fingerprint density at radius 3 is 2.30 bits per heavy atom. The van der Waals surface area contributed by atoms with E-state index in [1.807, 2.05) is 0 Å². The van der Waals surface area contributed by atoms with E-state index in [1.54, 1.807) is 6.07 Å². The zero-order valence-electron chi connectivity index (χ0n) is 15.8. The summed E-state index contributed by atoms with van der Waals surface area (Å²) in [5.74, 6) is -0.0730. The summed E-state index contributed by atoms with van der Waals surface area (Å²) in [6, 6.07) is 3.19. The van der Waals surface area contributed by atoms with Crippen molar-refractivity contribution in [3.8, 4) is 5.75 Å². The molecule has 2 fully saturated rings. The molecule has 0 spiro atoms.